The average molecular weight is 812 g/mol. The molecule has 2 aromatic rings. The molecule has 16 nitrogen and oxygen atoms in total. The van der Waals surface area contributed by atoms with Crippen LogP contribution in [-0.4, -0.2) is 95.1 Å². The number of amides is 5. The van der Waals surface area contributed by atoms with E-state index in [-0.39, 0.29) is 49.4 Å². The highest BCUT2D eigenvalue weighted by atomic mass is 32.2. The number of carboxylic acid groups (broad SMARTS) is 1. The van der Waals surface area contributed by atoms with Crippen LogP contribution in [0.3, 0.4) is 0 Å². The molecule has 0 unspecified atom stereocenters. The first kappa shape index (κ1) is 41.1. The lowest BCUT2D eigenvalue weighted by Gasteiger charge is -2.30. The van der Waals surface area contributed by atoms with Crippen LogP contribution in [-0.2, 0) is 47.0 Å². The van der Waals surface area contributed by atoms with Gasteiger partial charge in [-0.25, -0.2) is 31.9 Å². The van der Waals surface area contributed by atoms with Crippen molar-refractivity contribution in [1.82, 2.24) is 25.2 Å². The number of allylic oxidation sites excluding steroid dienone is 1. The first-order chi connectivity index (χ1) is 26.9. The topological polar surface area (TPSA) is 218 Å². The molecule has 2 fully saturated rings. The molecule has 1 saturated heterocycles. The minimum atomic E-state index is -4.53. The molecule has 3 aliphatic heterocycles. The molecule has 1 aliphatic carbocycles. The molecule has 4 N–H and O–H groups in total. The number of sulfonamides is 1. The summed E-state index contributed by atoms with van der Waals surface area (Å²) in [6, 6.07) is 6.31. The molecule has 18 heteroatoms. The smallest absolute Gasteiger partial charge is 0.410 e. The third-order valence-corrected chi connectivity index (χ3v) is 11.8. The number of nitrogens with one attached hydrogen (secondary N) is 3. The SMILES string of the molecule is CC(C)(C)OC(=O)N[C@H]1CCCCC/C=C/[C@@H]2C[C@@]2(C(=O)NS(=O)(=O)c2ccc(C(=O)O)cc2)NC(=O)[C@@H]2C[C@@H](OC(=O)N3Cc4cccc(F)c4C3)CN2C1=O. The molecule has 6 rings (SSSR count). The number of carboxylic acids is 1. The zero-order chi connectivity index (χ0) is 41.3. The second-order valence-electron chi connectivity index (χ2n) is 15.8. The number of nitrogens with zero attached hydrogens (tertiary/aromatic N) is 2. The summed E-state index contributed by atoms with van der Waals surface area (Å²) in [5.74, 6) is -4.86. The first-order valence-corrected chi connectivity index (χ1v) is 20.3. The Morgan fingerprint density at radius 2 is 1.75 bits per heavy atom. The van der Waals surface area contributed by atoms with Gasteiger partial charge in [0.2, 0.25) is 11.8 Å². The van der Waals surface area contributed by atoms with Crippen molar-refractivity contribution < 1.29 is 56.2 Å². The molecule has 306 valence electrons. The van der Waals surface area contributed by atoms with Crippen molar-refractivity contribution in [3.63, 3.8) is 0 Å². The summed E-state index contributed by atoms with van der Waals surface area (Å²) >= 11 is 0. The number of ether oxygens (including phenoxy) is 2. The van der Waals surface area contributed by atoms with E-state index in [9.17, 15) is 46.7 Å². The second kappa shape index (κ2) is 16.1. The van der Waals surface area contributed by atoms with Gasteiger partial charge in [0.05, 0.1) is 23.5 Å². The van der Waals surface area contributed by atoms with Gasteiger partial charge in [-0.1, -0.05) is 37.1 Å². The molecule has 1 saturated carbocycles. The van der Waals surface area contributed by atoms with E-state index in [1.807, 2.05) is 10.8 Å². The summed E-state index contributed by atoms with van der Waals surface area (Å²) in [6.45, 7) is 4.80. The van der Waals surface area contributed by atoms with E-state index >= 15 is 0 Å². The average Bonchev–Trinajstić information content (AvgIpc) is 3.42. The van der Waals surface area contributed by atoms with Crippen molar-refractivity contribution in [3.05, 3.63) is 77.1 Å². The Morgan fingerprint density at radius 3 is 2.44 bits per heavy atom. The Bertz CT molecular complexity index is 2090. The number of alkyl carbamates (subject to hydrolysis) is 1. The number of halogens is 1. The van der Waals surface area contributed by atoms with Crippen LogP contribution in [0.2, 0.25) is 0 Å². The Kier molecular flexibility index (Phi) is 11.7. The minimum Gasteiger partial charge on any atom is -0.478 e. The fourth-order valence-electron chi connectivity index (χ4n) is 7.39. The van der Waals surface area contributed by atoms with E-state index in [0.29, 0.717) is 36.8 Å². The first-order valence-electron chi connectivity index (χ1n) is 18.8. The van der Waals surface area contributed by atoms with Crippen molar-refractivity contribution >= 4 is 45.9 Å². The van der Waals surface area contributed by atoms with Crippen molar-refractivity contribution in [2.75, 3.05) is 6.54 Å². The fourth-order valence-corrected chi connectivity index (χ4v) is 8.43. The monoisotopic (exact) mass is 811 g/mol. The van der Waals surface area contributed by atoms with Gasteiger partial charge >= 0.3 is 18.2 Å². The maximum Gasteiger partial charge on any atom is 0.410 e. The second-order valence-corrected chi connectivity index (χ2v) is 17.5. The summed E-state index contributed by atoms with van der Waals surface area (Å²) in [7, 11) is -4.53. The fraction of sp³-hybridized carbons (Fsp3) is 0.487. The molecule has 2 aromatic carbocycles. The Balaban J connectivity index is 1.26. The van der Waals surface area contributed by atoms with Crippen LogP contribution in [0.15, 0.2) is 59.5 Å². The van der Waals surface area contributed by atoms with E-state index in [4.69, 9.17) is 9.47 Å². The zero-order valence-corrected chi connectivity index (χ0v) is 32.6. The van der Waals surface area contributed by atoms with Gasteiger partial charge in [0.15, 0.2) is 0 Å². The van der Waals surface area contributed by atoms with E-state index in [1.165, 1.54) is 15.9 Å². The molecule has 0 spiro atoms. The van der Waals surface area contributed by atoms with Gasteiger partial charge in [-0.2, -0.15) is 0 Å². The van der Waals surface area contributed by atoms with Crippen molar-refractivity contribution in [1.29, 1.82) is 0 Å². The number of fused-ring (bicyclic) bond motifs is 3. The predicted octanol–water partition coefficient (Wildman–Crippen LogP) is 3.74. The van der Waals surface area contributed by atoms with Gasteiger partial charge in [0.1, 0.15) is 35.1 Å². The molecule has 5 amide bonds. The van der Waals surface area contributed by atoms with E-state index in [2.05, 4.69) is 10.6 Å². The standard InChI is InChI=1S/C39H46FN5O11S/c1-38(2,3)56-36(51)41-30-13-8-6-4-5-7-11-25-19-39(25,35(50)43-57(53,54)27-16-14-23(15-17-27)34(48)49)42-32(46)31-18-26(21-45(31)33(30)47)55-37(52)44-20-24-10-9-12-29(40)28(24)22-44/h7,9-12,14-17,25-26,30-31H,4-6,8,13,18-22H2,1-3H3,(H,41,51)(H,42,46)(H,43,50)(H,48,49)/b11-7+/t25-,26-,30+,31+,39-/m1/s1. The van der Waals surface area contributed by atoms with E-state index < -0.39 is 87.0 Å². The van der Waals surface area contributed by atoms with E-state index in [1.54, 1.807) is 39.0 Å². The number of rotatable bonds is 6. The summed E-state index contributed by atoms with van der Waals surface area (Å²) in [6.07, 6.45) is 3.41. The number of aromatic carboxylic acids is 1. The van der Waals surface area contributed by atoms with Crippen LogP contribution in [0.25, 0.3) is 0 Å². The normalized spacial score (nSPS) is 25.7. The van der Waals surface area contributed by atoms with Gasteiger partial charge < -0.3 is 30.1 Å². The quantitative estimate of drug-likeness (QED) is 0.308. The number of hydrogen-bond donors (Lipinski definition) is 4. The highest BCUT2D eigenvalue weighted by molar-refractivity contribution is 7.90. The molecule has 57 heavy (non-hydrogen) atoms. The van der Waals surface area contributed by atoms with Gasteiger partial charge in [0, 0.05) is 24.4 Å². The lowest BCUT2D eigenvalue weighted by atomic mass is 10.0. The highest BCUT2D eigenvalue weighted by Crippen LogP contribution is 2.46. The zero-order valence-electron chi connectivity index (χ0n) is 31.8. The predicted molar refractivity (Wildman–Crippen MR) is 199 cm³/mol. The number of carbonyl (C=O) groups is 6. The van der Waals surface area contributed by atoms with Crippen LogP contribution in [0.1, 0.15) is 87.2 Å². The minimum absolute atomic E-state index is 0.0303. The van der Waals surface area contributed by atoms with E-state index in [0.717, 1.165) is 24.3 Å². The number of benzene rings is 2. The third-order valence-electron chi connectivity index (χ3n) is 10.4. The van der Waals surface area contributed by atoms with Gasteiger partial charge in [0.25, 0.3) is 15.9 Å². The number of hydrogen-bond acceptors (Lipinski definition) is 10. The maximum atomic E-state index is 14.5. The van der Waals surface area contributed by atoms with Gasteiger partial charge in [-0.3, -0.25) is 19.3 Å². The molecule has 5 atom stereocenters. The molecule has 0 bridgehead atoms. The van der Waals surface area contributed by atoms with Crippen LogP contribution >= 0.6 is 0 Å². The molecule has 0 aromatic heterocycles. The maximum absolute atomic E-state index is 14.5. The van der Waals surface area contributed by atoms with Gasteiger partial charge in [-0.15, -0.1) is 0 Å². The lowest BCUT2D eigenvalue weighted by Crippen LogP contribution is -2.58. The van der Waals surface area contributed by atoms with Crippen molar-refractivity contribution in [2.24, 2.45) is 5.92 Å². The summed E-state index contributed by atoms with van der Waals surface area (Å²) < 4.78 is 54.3. The molecular weight excluding hydrogens is 766 g/mol. The van der Waals surface area contributed by atoms with Crippen molar-refractivity contribution in [3.8, 4) is 0 Å². The Hall–Kier alpha value is -5.52. The van der Waals surface area contributed by atoms with Crippen LogP contribution in [0.5, 0.6) is 0 Å². The van der Waals surface area contributed by atoms with Crippen LogP contribution in [0.4, 0.5) is 14.0 Å². The Labute approximate surface area is 329 Å². The largest absolute Gasteiger partial charge is 0.478 e. The van der Waals surface area contributed by atoms with Crippen molar-refractivity contribution in [2.45, 2.75) is 113 Å². The highest BCUT2D eigenvalue weighted by Gasteiger charge is 2.62. The van der Waals surface area contributed by atoms with Crippen LogP contribution in [0, 0.1) is 11.7 Å². The molecule has 4 aliphatic rings. The summed E-state index contributed by atoms with van der Waals surface area (Å²) in [4.78, 5) is 82.4. The third kappa shape index (κ3) is 9.38. The summed E-state index contributed by atoms with van der Waals surface area (Å²) in [5, 5.41) is 14.6. The molecule has 3 heterocycles. The van der Waals surface area contributed by atoms with Gasteiger partial charge in [-0.05, 0) is 82.3 Å². The lowest BCUT2D eigenvalue weighted by molar-refractivity contribution is -0.141. The summed E-state index contributed by atoms with van der Waals surface area (Å²) in [5.41, 5.74) is -1.81. The molecular formula is C39H46FN5O11S. The Morgan fingerprint density at radius 1 is 1.02 bits per heavy atom. The molecule has 0 radical (unpaired) electrons. The van der Waals surface area contributed by atoms with Crippen LogP contribution < -0.4 is 15.4 Å². The number of carbonyl (C=O) groups excluding carboxylic acids is 5.